The third-order valence-corrected chi connectivity index (χ3v) is 3.20. The van der Waals surface area contributed by atoms with Crippen LogP contribution in [0.25, 0.3) is 0 Å². The maximum atomic E-state index is 5.88. The molecule has 1 aromatic heterocycles. The zero-order chi connectivity index (χ0) is 14.8. The Hall–Kier alpha value is -0.790. The summed E-state index contributed by atoms with van der Waals surface area (Å²) < 4.78 is 1.91. The highest BCUT2D eigenvalue weighted by molar-refractivity contribution is 14.0. The molecule has 3 N–H and O–H groups in total. The van der Waals surface area contributed by atoms with Gasteiger partial charge < -0.3 is 11.1 Å². The molecule has 0 aliphatic carbocycles. The number of halogens is 1. The number of aryl methyl sites for hydroxylation is 1. The Kier molecular flexibility index (Phi) is 11.4. The van der Waals surface area contributed by atoms with Crippen molar-refractivity contribution in [3.63, 3.8) is 0 Å². The molecular formula is C15H30IN5. The van der Waals surface area contributed by atoms with Crippen molar-refractivity contribution in [1.29, 1.82) is 0 Å². The molecule has 6 heteroatoms. The maximum absolute atomic E-state index is 5.88. The van der Waals surface area contributed by atoms with E-state index in [0.717, 1.165) is 31.8 Å². The van der Waals surface area contributed by atoms with Gasteiger partial charge in [0, 0.05) is 31.5 Å². The zero-order valence-corrected chi connectivity index (χ0v) is 15.8. The summed E-state index contributed by atoms with van der Waals surface area (Å²) in [7, 11) is 0. The van der Waals surface area contributed by atoms with Crippen molar-refractivity contribution in [1.82, 2.24) is 15.1 Å². The fraction of sp³-hybridized carbons (Fsp3) is 0.733. The van der Waals surface area contributed by atoms with Crippen LogP contribution in [-0.4, -0.2) is 28.3 Å². The van der Waals surface area contributed by atoms with Crippen molar-refractivity contribution in [2.45, 2.75) is 59.0 Å². The van der Waals surface area contributed by atoms with Crippen LogP contribution < -0.4 is 11.1 Å². The van der Waals surface area contributed by atoms with E-state index < -0.39 is 0 Å². The quantitative estimate of drug-likeness (QED) is 0.286. The molecule has 1 atom stereocenters. The number of nitrogens with two attached hydrogens (primary N) is 1. The van der Waals surface area contributed by atoms with Crippen LogP contribution in [0.1, 0.15) is 46.5 Å². The van der Waals surface area contributed by atoms with Crippen LogP contribution >= 0.6 is 24.0 Å². The molecule has 0 fully saturated rings. The molecule has 1 unspecified atom stereocenters. The number of nitrogens with zero attached hydrogens (tertiary/aromatic N) is 3. The van der Waals surface area contributed by atoms with Gasteiger partial charge in [-0.05, 0) is 31.7 Å². The molecule has 122 valence electrons. The maximum Gasteiger partial charge on any atom is 0.188 e. The van der Waals surface area contributed by atoms with Crippen molar-refractivity contribution in [2.75, 3.05) is 6.54 Å². The summed E-state index contributed by atoms with van der Waals surface area (Å²) in [4.78, 5) is 4.35. The number of aliphatic imine (C=N–C) groups is 1. The molecule has 0 aliphatic rings. The fourth-order valence-corrected chi connectivity index (χ4v) is 2.07. The van der Waals surface area contributed by atoms with Crippen LogP contribution in [0.2, 0.25) is 0 Å². The van der Waals surface area contributed by atoms with Crippen LogP contribution in [-0.2, 0) is 6.54 Å². The Morgan fingerprint density at radius 3 is 2.67 bits per heavy atom. The van der Waals surface area contributed by atoms with Crippen LogP contribution in [0.4, 0.5) is 0 Å². The van der Waals surface area contributed by atoms with E-state index in [1.807, 2.05) is 16.9 Å². The first-order valence-corrected chi connectivity index (χ1v) is 7.62. The highest BCUT2D eigenvalue weighted by Crippen LogP contribution is 2.07. The van der Waals surface area contributed by atoms with Crippen molar-refractivity contribution in [3.05, 3.63) is 18.5 Å². The van der Waals surface area contributed by atoms with Gasteiger partial charge in [0.25, 0.3) is 0 Å². The summed E-state index contributed by atoms with van der Waals surface area (Å²) in [5.41, 5.74) is 5.88. The van der Waals surface area contributed by atoms with Crippen LogP contribution in [0.3, 0.4) is 0 Å². The standard InChI is InChI=1S/C15H29N5.HI/c1-13(2)7-4-8-14(3)19-15(16)17-9-5-11-20-12-6-10-18-20;/h6,10,12-14H,4-5,7-9,11H2,1-3H3,(H3,16,17,19);1H. The summed E-state index contributed by atoms with van der Waals surface area (Å²) >= 11 is 0. The van der Waals surface area contributed by atoms with E-state index in [4.69, 9.17) is 5.73 Å². The molecule has 0 aromatic carbocycles. The summed E-state index contributed by atoms with van der Waals surface area (Å²) in [6.07, 6.45) is 8.35. The molecule has 0 spiro atoms. The van der Waals surface area contributed by atoms with Crippen molar-refractivity contribution < 1.29 is 0 Å². The Labute approximate surface area is 145 Å². The second-order valence-corrected chi connectivity index (χ2v) is 5.76. The molecule has 1 heterocycles. The molecule has 21 heavy (non-hydrogen) atoms. The molecule has 0 radical (unpaired) electrons. The van der Waals surface area contributed by atoms with Crippen LogP contribution in [0, 0.1) is 5.92 Å². The monoisotopic (exact) mass is 407 g/mol. The lowest BCUT2D eigenvalue weighted by Crippen LogP contribution is -2.38. The van der Waals surface area contributed by atoms with Gasteiger partial charge >= 0.3 is 0 Å². The Balaban J connectivity index is 0.00000400. The minimum absolute atomic E-state index is 0. The third kappa shape index (κ3) is 10.6. The molecular weight excluding hydrogens is 377 g/mol. The summed E-state index contributed by atoms with van der Waals surface area (Å²) in [5.74, 6) is 1.33. The molecule has 0 bridgehead atoms. The van der Waals surface area contributed by atoms with E-state index in [1.54, 1.807) is 6.20 Å². The van der Waals surface area contributed by atoms with Crippen molar-refractivity contribution >= 4 is 29.9 Å². The molecule has 0 amide bonds. The second-order valence-electron chi connectivity index (χ2n) is 5.76. The predicted octanol–water partition coefficient (Wildman–Crippen LogP) is 3.01. The van der Waals surface area contributed by atoms with E-state index in [-0.39, 0.29) is 24.0 Å². The Bertz CT molecular complexity index is 375. The second kappa shape index (κ2) is 11.8. The lowest BCUT2D eigenvalue weighted by molar-refractivity contribution is 0.493. The van der Waals surface area contributed by atoms with Gasteiger partial charge in [0.15, 0.2) is 5.96 Å². The van der Waals surface area contributed by atoms with E-state index in [0.29, 0.717) is 12.0 Å². The first-order chi connectivity index (χ1) is 9.58. The number of nitrogens with one attached hydrogen (secondary N) is 1. The van der Waals surface area contributed by atoms with E-state index >= 15 is 0 Å². The number of rotatable bonds is 9. The largest absolute Gasteiger partial charge is 0.370 e. The fourth-order valence-electron chi connectivity index (χ4n) is 2.07. The number of guanidine groups is 1. The normalized spacial score (nSPS) is 13.0. The molecule has 5 nitrogen and oxygen atoms in total. The van der Waals surface area contributed by atoms with Gasteiger partial charge in [-0.3, -0.25) is 9.67 Å². The summed E-state index contributed by atoms with van der Waals surface area (Å²) in [6, 6.07) is 2.32. The minimum Gasteiger partial charge on any atom is -0.370 e. The highest BCUT2D eigenvalue weighted by atomic mass is 127. The SMILES string of the molecule is CC(C)CCCC(C)NC(N)=NCCCn1cccn1.I. The van der Waals surface area contributed by atoms with Gasteiger partial charge in [-0.15, -0.1) is 24.0 Å². The first kappa shape index (κ1) is 20.2. The lowest BCUT2D eigenvalue weighted by atomic mass is 10.0. The van der Waals surface area contributed by atoms with Crippen LogP contribution in [0.5, 0.6) is 0 Å². The van der Waals surface area contributed by atoms with Crippen molar-refractivity contribution in [3.8, 4) is 0 Å². The number of aromatic nitrogens is 2. The molecule has 1 aromatic rings. The summed E-state index contributed by atoms with van der Waals surface area (Å²) in [6.45, 7) is 8.29. The van der Waals surface area contributed by atoms with Crippen molar-refractivity contribution in [2.24, 2.45) is 16.6 Å². The number of hydrogen-bond acceptors (Lipinski definition) is 2. The van der Waals surface area contributed by atoms with Gasteiger partial charge in [-0.25, -0.2) is 0 Å². The molecule has 1 rings (SSSR count). The average Bonchev–Trinajstić information content (AvgIpc) is 2.87. The lowest BCUT2D eigenvalue weighted by Gasteiger charge is -2.15. The van der Waals surface area contributed by atoms with Gasteiger partial charge in [0.05, 0.1) is 0 Å². The van der Waals surface area contributed by atoms with Gasteiger partial charge in [0.1, 0.15) is 0 Å². The molecule has 0 aliphatic heterocycles. The average molecular weight is 407 g/mol. The van der Waals surface area contributed by atoms with E-state index in [2.05, 4.69) is 36.2 Å². The Morgan fingerprint density at radius 1 is 1.29 bits per heavy atom. The highest BCUT2D eigenvalue weighted by Gasteiger charge is 2.03. The topological polar surface area (TPSA) is 68.2 Å². The smallest absolute Gasteiger partial charge is 0.188 e. The van der Waals surface area contributed by atoms with Crippen LogP contribution in [0.15, 0.2) is 23.5 Å². The van der Waals surface area contributed by atoms with Gasteiger partial charge in [-0.2, -0.15) is 5.10 Å². The minimum atomic E-state index is 0. The Morgan fingerprint density at radius 2 is 2.05 bits per heavy atom. The molecule has 0 saturated heterocycles. The first-order valence-electron chi connectivity index (χ1n) is 7.62. The summed E-state index contributed by atoms with van der Waals surface area (Å²) in [5, 5.41) is 7.40. The van der Waals surface area contributed by atoms with E-state index in [9.17, 15) is 0 Å². The predicted molar refractivity (Wildman–Crippen MR) is 100 cm³/mol. The van der Waals surface area contributed by atoms with Gasteiger partial charge in [-0.1, -0.05) is 26.7 Å². The van der Waals surface area contributed by atoms with Gasteiger partial charge in [0.2, 0.25) is 0 Å². The molecule has 0 saturated carbocycles. The van der Waals surface area contributed by atoms with E-state index in [1.165, 1.54) is 12.8 Å². The third-order valence-electron chi connectivity index (χ3n) is 3.20. The zero-order valence-electron chi connectivity index (χ0n) is 13.5. The number of hydrogen-bond donors (Lipinski definition) is 2.